The van der Waals surface area contributed by atoms with Crippen molar-refractivity contribution in [2.24, 2.45) is 0 Å². The van der Waals surface area contributed by atoms with Gasteiger partial charge in [0.1, 0.15) is 5.75 Å². The maximum atomic E-state index is 12.1. The highest BCUT2D eigenvalue weighted by molar-refractivity contribution is 6.30. The highest BCUT2D eigenvalue weighted by Crippen LogP contribution is 2.22. The summed E-state index contributed by atoms with van der Waals surface area (Å²) in [7, 11) is 0. The first-order valence-corrected chi connectivity index (χ1v) is 7.76. The number of ether oxygens (including phenoxy) is 1. The van der Waals surface area contributed by atoms with Crippen molar-refractivity contribution in [2.45, 2.75) is 12.9 Å². The normalized spacial score (nSPS) is 10.9. The lowest BCUT2D eigenvalue weighted by atomic mass is 10.2. The molecule has 0 radical (unpaired) electrons. The molecule has 0 atom stereocenters. The van der Waals surface area contributed by atoms with E-state index >= 15 is 0 Å². The number of alkyl halides is 3. The number of amides is 2. The molecule has 26 heavy (non-hydrogen) atoms. The molecule has 0 heterocycles. The Kier molecular flexibility index (Phi) is 6.46. The minimum absolute atomic E-state index is 0.0992. The molecular formula is C17H14ClF3N2O3. The molecule has 2 N–H and O–H groups in total. The zero-order valence-electron chi connectivity index (χ0n) is 13.3. The Balaban J connectivity index is 1.76. The summed E-state index contributed by atoms with van der Waals surface area (Å²) in [6.07, 6.45) is -4.75. The van der Waals surface area contributed by atoms with Gasteiger partial charge in [0.05, 0.1) is 6.54 Å². The minimum Gasteiger partial charge on any atom is -0.406 e. The number of carbonyl (C=O) groups is 2. The van der Waals surface area contributed by atoms with Crippen molar-refractivity contribution in [3.05, 3.63) is 64.7 Å². The van der Waals surface area contributed by atoms with E-state index in [-0.39, 0.29) is 18.8 Å². The van der Waals surface area contributed by atoms with Gasteiger partial charge in [-0.1, -0.05) is 23.7 Å². The summed E-state index contributed by atoms with van der Waals surface area (Å²) < 4.78 is 40.0. The maximum Gasteiger partial charge on any atom is 0.573 e. The van der Waals surface area contributed by atoms with Gasteiger partial charge in [0.15, 0.2) is 0 Å². The van der Waals surface area contributed by atoms with Crippen LogP contribution in [0.25, 0.3) is 0 Å². The molecule has 0 aromatic heterocycles. The number of rotatable bonds is 6. The standard InChI is InChI=1S/C17H14ClF3N2O3/c18-13-5-3-12(4-6-13)16(25)23-10-15(24)22-9-11-1-7-14(8-2-11)26-17(19,20)21/h1-8H,9-10H2,(H,22,24)(H,23,25). The maximum absolute atomic E-state index is 12.1. The van der Waals surface area contributed by atoms with E-state index in [1.165, 1.54) is 24.3 Å². The Labute approximate surface area is 152 Å². The van der Waals surface area contributed by atoms with Crippen molar-refractivity contribution in [1.29, 1.82) is 0 Å². The number of carbonyl (C=O) groups excluding carboxylic acids is 2. The van der Waals surface area contributed by atoms with Gasteiger partial charge in [-0.25, -0.2) is 0 Å². The van der Waals surface area contributed by atoms with Crippen molar-refractivity contribution in [3.8, 4) is 5.75 Å². The largest absolute Gasteiger partial charge is 0.573 e. The molecular weight excluding hydrogens is 373 g/mol. The van der Waals surface area contributed by atoms with E-state index in [0.717, 1.165) is 12.1 Å². The second kappa shape index (κ2) is 8.57. The third kappa shape index (κ3) is 6.64. The molecule has 0 bridgehead atoms. The van der Waals surface area contributed by atoms with Crippen LogP contribution < -0.4 is 15.4 Å². The van der Waals surface area contributed by atoms with Crippen LogP contribution in [0.2, 0.25) is 5.02 Å². The van der Waals surface area contributed by atoms with E-state index in [1.54, 1.807) is 12.1 Å². The van der Waals surface area contributed by atoms with Gasteiger partial charge in [0.2, 0.25) is 5.91 Å². The fraction of sp³-hybridized carbons (Fsp3) is 0.176. The van der Waals surface area contributed by atoms with E-state index < -0.39 is 18.2 Å². The summed E-state index contributed by atoms with van der Waals surface area (Å²) in [5.74, 6) is -1.21. The lowest BCUT2D eigenvalue weighted by Crippen LogP contribution is -2.36. The van der Waals surface area contributed by atoms with Gasteiger partial charge in [0, 0.05) is 17.1 Å². The molecule has 2 rings (SSSR count). The first kappa shape index (κ1) is 19.6. The molecule has 0 saturated carbocycles. The van der Waals surface area contributed by atoms with Crippen molar-refractivity contribution in [2.75, 3.05) is 6.54 Å². The Bertz CT molecular complexity index is 762. The van der Waals surface area contributed by atoms with Crippen LogP contribution in [-0.2, 0) is 11.3 Å². The summed E-state index contributed by atoms with van der Waals surface area (Å²) in [6, 6.07) is 11.3. The van der Waals surface area contributed by atoms with E-state index in [9.17, 15) is 22.8 Å². The summed E-state index contributed by atoms with van der Waals surface area (Å²) in [4.78, 5) is 23.6. The molecule has 5 nitrogen and oxygen atoms in total. The molecule has 0 unspecified atom stereocenters. The smallest absolute Gasteiger partial charge is 0.406 e. The summed E-state index contributed by atoms with van der Waals surface area (Å²) in [6.45, 7) is -0.140. The van der Waals surface area contributed by atoms with E-state index in [4.69, 9.17) is 11.6 Å². The van der Waals surface area contributed by atoms with E-state index in [0.29, 0.717) is 16.1 Å². The van der Waals surface area contributed by atoms with Gasteiger partial charge in [-0.15, -0.1) is 13.2 Å². The highest BCUT2D eigenvalue weighted by Gasteiger charge is 2.30. The zero-order chi connectivity index (χ0) is 19.2. The topological polar surface area (TPSA) is 67.4 Å². The van der Waals surface area contributed by atoms with Gasteiger partial charge in [0.25, 0.3) is 5.91 Å². The predicted octanol–water partition coefficient (Wildman–Crippen LogP) is 3.28. The SMILES string of the molecule is O=C(CNC(=O)c1ccc(Cl)cc1)NCc1ccc(OC(F)(F)F)cc1. The molecule has 9 heteroatoms. The molecule has 0 saturated heterocycles. The van der Waals surface area contributed by atoms with Crippen LogP contribution in [0.3, 0.4) is 0 Å². The lowest BCUT2D eigenvalue weighted by molar-refractivity contribution is -0.274. The van der Waals surface area contributed by atoms with Crippen LogP contribution in [-0.4, -0.2) is 24.7 Å². The van der Waals surface area contributed by atoms with Gasteiger partial charge >= 0.3 is 6.36 Å². The predicted molar refractivity (Wildman–Crippen MR) is 88.8 cm³/mol. The molecule has 0 spiro atoms. The third-order valence-corrected chi connectivity index (χ3v) is 3.41. The fourth-order valence-electron chi connectivity index (χ4n) is 1.94. The Hall–Kier alpha value is -2.74. The Morgan fingerprint density at radius 2 is 1.58 bits per heavy atom. The first-order valence-electron chi connectivity index (χ1n) is 7.38. The van der Waals surface area contributed by atoms with E-state index in [1.807, 2.05) is 0 Å². The van der Waals surface area contributed by atoms with Gasteiger partial charge in [-0.2, -0.15) is 0 Å². The average molecular weight is 387 g/mol. The lowest BCUT2D eigenvalue weighted by Gasteiger charge is -2.10. The van der Waals surface area contributed by atoms with Crippen LogP contribution in [0.1, 0.15) is 15.9 Å². The van der Waals surface area contributed by atoms with Gasteiger partial charge in [-0.05, 0) is 42.0 Å². The second-order valence-electron chi connectivity index (χ2n) is 5.16. The molecule has 0 fully saturated rings. The highest BCUT2D eigenvalue weighted by atomic mass is 35.5. The summed E-state index contributed by atoms with van der Waals surface area (Å²) in [5, 5.41) is 5.49. The number of nitrogens with one attached hydrogen (secondary N) is 2. The summed E-state index contributed by atoms with van der Waals surface area (Å²) >= 11 is 5.73. The van der Waals surface area contributed by atoms with Crippen molar-refractivity contribution in [3.63, 3.8) is 0 Å². The molecule has 0 aliphatic carbocycles. The Morgan fingerprint density at radius 3 is 2.15 bits per heavy atom. The Morgan fingerprint density at radius 1 is 0.962 bits per heavy atom. The van der Waals surface area contributed by atoms with Gasteiger partial charge in [-0.3, -0.25) is 9.59 Å². The number of halogens is 4. The molecule has 2 amide bonds. The summed E-state index contributed by atoms with van der Waals surface area (Å²) in [5.41, 5.74) is 0.944. The van der Waals surface area contributed by atoms with Crippen molar-refractivity contribution in [1.82, 2.24) is 10.6 Å². The molecule has 138 valence electrons. The molecule has 0 aliphatic heterocycles. The number of benzene rings is 2. The fourth-order valence-corrected chi connectivity index (χ4v) is 2.06. The second-order valence-corrected chi connectivity index (χ2v) is 5.59. The third-order valence-electron chi connectivity index (χ3n) is 3.16. The number of hydrogen-bond acceptors (Lipinski definition) is 3. The average Bonchev–Trinajstić information content (AvgIpc) is 2.58. The van der Waals surface area contributed by atoms with Crippen LogP contribution in [0.15, 0.2) is 48.5 Å². The quantitative estimate of drug-likeness (QED) is 0.800. The van der Waals surface area contributed by atoms with Crippen LogP contribution in [0, 0.1) is 0 Å². The molecule has 2 aromatic carbocycles. The van der Waals surface area contributed by atoms with Crippen LogP contribution in [0.5, 0.6) is 5.75 Å². The zero-order valence-corrected chi connectivity index (χ0v) is 14.0. The van der Waals surface area contributed by atoms with Gasteiger partial charge < -0.3 is 15.4 Å². The minimum atomic E-state index is -4.75. The number of hydrogen-bond donors (Lipinski definition) is 2. The monoisotopic (exact) mass is 386 g/mol. The first-order chi connectivity index (χ1) is 12.2. The molecule has 0 aliphatic rings. The molecule has 2 aromatic rings. The van der Waals surface area contributed by atoms with Crippen LogP contribution >= 0.6 is 11.6 Å². The van der Waals surface area contributed by atoms with Crippen molar-refractivity contribution >= 4 is 23.4 Å². The van der Waals surface area contributed by atoms with Crippen LogP contribution in [0.4, 0.5) is 13.2 Å². The van der Waals surface area contributed by atoms with E-state index in [2.05, 4.69) is 15.4 Å². The van der Waals surface area contributed by atoms with Crippen molar-refractivity contribution < 1.29 is 27.5 Å².